The van der Waals surface area contributed by atoms with Crippen molar-refractivity contribution in [3.63, 3.8) is 0 Å². The van der Waals surface area contributed by atoms with Gasteiger partial charge in [0.05, 0.1) is 5.56 Å². The molecule has 1 aromatic heterocycles. The summed E-state index contributed by atoms with van der Waals surface area (Å²) in [6, 6.07) is 12.3. The maximum Gasteiger partial charge on any atom is 0.255 e. The summed E-state index contributed by atoms with van der Waals surface area (Å²) in [5.74, 6) is 0.145. The lowest BCUT2D eigenvalue weighted by molar-refractivity contribution is 0.0776. The molecule has 0 saturated carbocycles. The third-order valence-corrected chi connectivity index (χ3v) is 6.64. The molecule has 1 atom stereocenters. The van der Waals surface area contributed by atoms with Crippen molar-refractivity contribution in [2.45, 2.75) is 35.2 Å². The zero-order valence-corrected chi connectivity index (χ0v) is 17.0. The number of hydrogen-bond acceptors (Lipinski definition) is 4. The summed E-state index contributed by atoms with van der Waals surface area (Å²) in [4.78, 5) is 23.1. The average molecular weight is 432 g/mol. The summed E-state index contributed by atoms with van der Waals surface area (Å²) in [7, 11) is 0. The van der Waals surface area contributed by atoms with Crippen LogP contribution in [-0.2, 0) is 0 Å². The Kier molecular flexibility index (Phi) is 5.62. The fraction of sp³-hybridized carbons (Fsp3) is 0.400. The van der Waals surface area contributed by atoms with Crippen LogP contribution in [-0.4, -0.2) is 52.9 Å². The molecule has 4 rings (SSSR count). The Labute approximate surface area is 167 Å². The molecule has 2 aromatic rings. The number of carbonyl (C=O) groups is 1. The van der Waals surface area contributed by atoms with Gasteiger partial charge in [-0.15, -0.1) is 0 Å². The molecule has 1 aromatic carbocycles. The van der Waals surface area contributed by atoms with Gasteiger partial charge in [-0.3, -0.25) is 9.69 Å². The first-order valence-electron chi connectivity index (χ1n) is 9.12. The second-order valence-electron chi connectivity index (χ2n) is 6.85. The van der Waals surface area contributed by atoms with Gasteiger partial charge in [0, 0.05) is 34.7 Å². The highest BCUT2D eigenvalue weighted by molar-refractivity contribution is 9.10. The van der Waals surface area contributed by atoms with Gasteiger partial charge in [0.1, 0.15) is 5.03 Å². The Morgan fingerprint density at radius 3 is 2.69 bits per heavy atom. The molecular weight excluding hydrogens is 410 g/mol. The normalized spacial score (nSPS) is 20.7. The van der Waals surface area contributed by atoms with E-state index in [4.69, 9.17) is 0 Å². The molecule has 1 unspecified atom stereocenters. The van der Waals surface area contributed by atoms with Crippen molar-refractivity contribution in [1.82, 2.24) is 14.8 Å². The summed E-state index contributed by atoms with van der Waals surface area (Å²) < 4.78 is 0.955. The highest BCUT2D eigenvalue weighted by atomic mass is 79.9. The fourth-order valence-corrected chi connectivity index (χ4v) is 4.88. The molecule has 3 heterocycles. The first-order valence-corrected chi connectivity index (χ1v) is 10.7. The SMILES string of the molecule is O=C(c1ccccc1Sc1ccc(Br)cn1)N1CCC(N2CCCC2)C1. The highest BCUT2D eigenvalue weighted by Gasteiger charge is 2.32. The Hall–Kier alpha value is -1.37. The number of benzene rings is 1. The first kappa shape index (κ1) is 18.0. The second kappa shape index (κ2) is 8.11. The lowest BCUT2D eigenvalue weighted by Gasteiger charge is -2.24. The molecule has 2 fully saturated rings. The molecular formula is C20H22BrN3OS. The van der Waals surface area contributed by atoms with Gasteiger partial charge in [0.25, 0.3) is 5.91 Å². The summed E-state index contributed by atoms with van der Waals surface area (Å²) in [6.45, 7) is 4.09. The zero-order valence-electron chi connectivity index (χ0n) is 14.6. The minimum absolute atomic E-state index is 0.145. The largest absolute Gasteiger partial charge is 0.337 e. The van der Waals surface area contributed by atoms with Crippen molar-refractivity contribution in [3.8, 4) is 0 Å². The van der Waals surface area contributed by atoms with E-state index in [0.717, 1.165) is 39.5 Å². The van der Waals surface area contributed by atoms with E-state index in [1.54, 1.807) is 18.0 Å². The van der Waals surface area contributed by atoms with Crippen molar-refractivity contribution in [2.24, 2.45) is 0 Å². The standard InChI is InChI=1S/C20H22BrN3OS/c21-15-7-8-19(22-13-15)26-18-6-2-1-5-17(18)20(25)24-12-9-16(14-24)23-10-3-4-11-23/h1-2,5-8,13,16H,3-4,9-12,14H2. The number of hydrogen-bond donors (Lipinski definition) is 0. The Balaban J connectivity index is 1.48. The smallest absolute Gasteiger partial charge is 0.255 e. The van der Waals surface area contributed by atoms with Crippen LogP contribution < -0.4 is 0 Å². The number of amides is 1. The van der Waals surface area contributed by atoms with Crippen LogP contribution in [0.4, 0.5) is 0 Å². The topological polar surface area (TPSA) is 36.4 Å². The van der Waals surface area contributed by atoms with E-state index in [2.05, 4.69) is 25.8 Å². The third kappa shape index (κ3) is 3.97. The first-order chi connectivity index (χ1) is 12.7. The van der Waals surface area contributed by atoms with E-state index in [1.165, 1.54) is 25.9 Å². The lowest BCUT2D eigenvalue weighted by Crippen LogP contribution is -2.37. The van der Waals surface area contributed by atoms with Crippen molar-refractivity contribution >= 4 is 33.6 Å². The summed E-state index contributed by atoms with van der Waals surface area (Å²) in [5, 5.41) is 0.893. The van der Waals surface area contributed by atoms with Crippen LogP contribution in [0.5, 0.6) is 0 Å². The van der Waals surface area contributed by atoms with Crippen LogP contribution in [0.15, 0.2) is 57.0 Å². The minimum atomic E-state index is 0.145. The highest BCUT2D eigenvalue weighted by Crippen LogP contribution is 2.31. The van der Waals surface area contributed by atoms with Gasteiger partial charge in [-0.1, -0.05) is 23.9 Å². The van der Waals surface area contributed by atoms with Crippen LogP contribution in [0, 0.1) is 0 Å². The molecule has 26 heavy (non-hydrogen) atoms. The van der Waals surface area contributed by atoms with Crippen LogP contribution in [0.25, 0.3) is 0 Å². The lowest BCUT2D eigenvalue weighted by atomic mass is 10.2. The van der Waals surface area contributed by atoms with Crippen LogP contribution in [0.2, 0.25) is 0 Å². The van der Waals surface area contributed by atoms with E-state index < -0.39 is 0 Å². The third-order valence-electron chi connectivity index (χ3n) is 5.14. The number of rotatable bonds is 4. The number of likely N-dealkylation sites (tertiary alicyclic amines) is 2. The molecule has 6 heteroatoms. The number of nitrogens with zero attached hydrogens (tertiary/aromatic N) is 3. The molecule has 0 bridgehead atoms. The number of halogens is 1. The van der Waals surface area contributed by atoms with Crippen molar-refractivity contribution < 1.29 is 4.79 Å². The van der Waals surface area contributed by atoms with Crippen molar-refractivity contribution in [2.75, 3.05) is 26.2 Å². The number of carbonyl (C=O) groups excluding carboxylic acids is 1. The molecule has 4 nitrogen and oxygen atoms in total. The van der Waals surface area contributed by atoms with E-state index in [-0.39, 0.29) is 5.91 Å². The molecule has 2 aliphatic heterocycles. The number of aromatic nitrogens is 1. The summed E-state index contributed by atoms with van der Waals surface area (Å²) in [6.07, 6.45) is 5.47. The monoisotopic (exact) mass is 431 g/mol. The second-order valence-corrected chi connectivity index (χ2v) is 8.83. The minimum Gasteiger partial charge on any atom is -0.337 e. The predicted molar refractivity (Wildman–Crippen MR) is 108 cm³/mol. The van der Waals surface area contributed by atoms with E-state index in [0.29, 0.717) is 6.04 Å². The molecule has 0 N–H and O–H groups in total. The molecule has 1 amide bonds. The van der Waals surface area contributed by atoms with Crippen LogP contribution in [0.1, 0.15) is 29.6 Å². The Morgan fingerprint density at radius 1 is 1.12 bits per heavy atom. The molecule has 0 aliphatic carbocycles. The summed E-state index contributed by atoms with van der Waals surface area (Å²) in [5.41, 5.74) is 0.782. The van der Waals surface area contributed by atoms with Gasteiger partial charge < -0.3 is 4.90 Å². The van der Waals surface area contributed by atoms with Crippen molar-refractivity contribution in [3.05, 3.63) is 52.6 Å². The fourth-order valence-electron chi connectivity index (χ4n) is 3.77. The van der Waals surface area contributed by atoms with Gasteiger partial charge >= 0.3 is 0 Å². The zero-order chi connectivity index (χ0) is 17.9. The summed E-state index contributed by atoms with van der Waals surface area (Å²) >= 11 is 4.96. The predicted octanol–water partition coefficient (Wildman–Crippen LogP) is 4.31. The van der Waals surface area contributed by atoms with Gasteiger partial charge in [0.15, 0.2) is 0 Å². The maximum atomic E-state index is 13.1. The van der Waals surface area contributed by atoms with Crippen molar-refractivity contribution in [1.29, 1.82) is 0 Å². The Bertz CT molecular complexity index is 777. The number of pyridine rings is 1. The molecule has 2 aliphatic rings. The molecule has 0 radical (unpaired) electrons. The molecule has 2 saturated heterocycles. The van der Waals surface area contributed by atoms with Gasteiger partial charge in [0.2, 0.25) is 0 Å². The molecule has 136 valence electrons. The molecule has 0 spiro atoms. The van der Waals surface area contributed by atoms with E-state index >= 15 is 0 Å². The van der Waals surface area contributed by atoms with Gasteiger partial charge in [-0.2, -0.15) is 0 Å². The van der Waals surface area contributed by atoms with Crippen LogP contribution in [0.3, 0.4) is 0 Å². The van der Waals surface area contributed by atoms with E-state index in [1.807, 2.05) is 41.3 Å². The maximum absolute atomic E-state index is 13.1. The van der Waals surface area contributed by atoms with Crippen LogP contribution >= 0.6 is 27.7 Å². The van der Waals surface area contributed by atoms with E-state index in [9.17, 15) is 4.79 Å². The Morgan fingerprint density at radius 2 is 1.92 bits per heavy atom. The average Bonchev–Trinajstić information content (AvgIpc) is 3.35. The van der Waals surface area contributed by atoms with Gasteiger partial charge in [-0.05, 0) is 72.5 Å². The van der Waals surface area contributed by atoms with Gasteiger partial charge in [-0.25, -0.2) is 4.98 Å². The quantitative estimate of drug-likeness (QED) is 0.722.